The Morgan fingerprint density at radius 1 is 1.14 bits per heavy atom. The van der Waals surface area contributed by atoms with Crippen molar-refractivity contribution in [2.75, 3.05) is 23.3 Å². The van der Waals surface area contributed by atoms with Crippen LogP contribution in [0, 0.1) is 5.92 Å². The molecular weight excluding hydrogens is 384 g/mol. The standard InChI is InChI=1S/C21H30N6OS/c1-15-9-11-27(12-10-15)18-8-7-16(13-22-18)14-23-20(28)24-21-26-25-19(29-21)17-5-3-2-4-6-17/h7-8,13,15,17H,2-6,9-12,14H2,1H3,(H2,23,24,26,28). The van der Waals surface area contributed by atoms with Crippen LogP contribution in [0.4, 0.5) is 15.7 Å². The van der Waals surface area contributed by atoms with E-state index in [1.54, 1.807) is 0 Å². The molecule has 2 N–H and O–H groups in total. The summed E-state index contributed by atoms with van der Waals surface area (Å²) in [6.07, 6.45) is 10.5. The van der Waals surface area contributed by atoms with Crippen LogP contribution in [0.3, 0.4) is 0 Å². The van der Waals surface area contributed by atoms with Gasteiger partial charge in [-0.05, 0) is 43.2 Å². The normalized spacial score (nSPS) is 18.6. The van der Waals surface area contributed by atoms with Crippen molar-refractivity contribution in [3.8, 4) is 0 Å². The van der Waals surface area contributed by atoms with Crippen LogP contribution < -0.4 is 15.5 Å². The second-order valence-electron chi connectivity index (χ2n) is 8.28. The topological polar surface area (TPSA) is 83.0 Å². The lowest BCUT2D eigenvalue weighted by molar-refractivity contribution is 0.251. The van der Waals surface area contributed by atoms with E-state index < -0.39 is 0 Å². The average Bonchev–Trinajstić information content (AvgIpc) is 3.22. The Balaban J connectivity index is 1.24. The molecule has 8 heteroatoms. The van der Waals surface area contributed by atoms with Crippen molar-refractivity contribution < 1.29 is 4.79 Å². The summed E-state index contributed by atoms with van der Waals surface area (Å²) < 4.78 is 0. The van der Waals surface area contributed by atoms with E-state index in [4.69, 9.17) is 0 Å². The number of pyridine rings is 1. The minimum absolute atomic E-state index is 0.259. The van der Waals surface area contributed by atoms with Crippen molar-refractivity contribution in [3.05, 3.63) is 28.9 Å². The fourth-order valence-electron chi connectivity index (χ4n) is 4.07. The molecule has 4 rings (SSSR count). The zero-order valence-corrected chi connectivity index (χ0v) is 17.9. The summed E-state index contributed by atoms with van der Waals surface area (Å²) in [5.74, 6) is 2.33. The average molecular weight is 415 g/mol. The SMILES string of the molecule is CC1CCN(c2ccc(CNC(=O)Nc3nnc(C4CCCCC4)s3)cn2)CC1. The summed E-state index contributed by atoms with van der Waals surface area (Å²) in [7, 11) is 0. The van der Waals surface area contributed by atoms with Gasteiger partial charge in [-0.15, -0.1) is 10.2 Å². The molecule has 29 heavy (non-hydrogen) atoms. The summed E-state index contributed by atoms with van der Waals surface area (Å²) in [6.45, 7) is 4.88. The van der Waals surface area contributed by atoms with Crippen molar-refractivity contribution >= 4 is 28.3 Å². The highest BCUT2D eigenvalue weighted by Crippen LogP contribution is 2.35. The zero-order valence-electron chi connectivity index (χ0n) is 17.1. The molecule has 2 fully saturated rings. The lowest BCUT2D eigenvalue weighted by Crippen LogP contribution is -2.33. The number of piperidine rings is 1. The van der Waals surface area contributed by atoms with E-state index in [2.05, 4.69) is 37.6 Å². The van der Waals surface area contributed by atoms with Gasteiger partial charge in [0, 0.05) is 31.7 Å². The Hall–Kier alpha value is -2.22. The van der Waals surface area contributed by atoms with E-state index in [1.165, 1.54) is 56.3 Å². The summed E-state index contributed by atoms with van der Waals surface area (Å²) in [5, 5.41) is 15.7. The molecule has 0 spiro atoms. The molecule has 1 aliphatic heterocycles. The molecule has 7 nitrogen and oxygen atoms in total. The number of amides is 2. The van der Waals surface area contributed by atoms with Crippen LogP contribution in [0.15, 0.2) is 18.3 Å². The maximum absolute atomic E-state index is 12.2. The van der Waals surface area contributed by atoms with Gasteiger partial charge in [-0.2, -0.15) is 0 Å². The van der Waals surface area contributed by atoms with Crippen molar-refractivity contribution in [1.82, 2.24) is 20.5 Å². The first-order valence-corrected chi connectivity index (χ1v) is 11.6. The maximum Gasteiger partial charge on any atom is 0.321 e. The first kappa shape index (κ1) is 20.1. The number of hydrogen-bond donors (Lipinski definition) is 2. The molecule has 2 aromatic heterocycles. The largest absolute Gasteiger partial charge is 0.357 e. The number of carbonyl (C=O) groups is 1. The third-order valence-electron chi connectivity index (χ3n) is 5.99. The predicted molar refractivity (Wildman–Crippen MR) is 116 cm³/mol. The van der Waals surface area contributed by atoms with Crippen LogP contribution in [-0.4, -0.2) is 34.3 Å². The molecule has 1 saturated heterocycles. The van der Waals surface area contributed by atoms with Gasteiger partial charge in [0.1, 0.15) is 10.8 Å². The number of nitrogens with one attached hydrogen (secondary N) is 2. The Morgan fingerprint density at radius 2 is 1.93 bits per heavy atom. The second-order valence-corrected chi connectivity index (χ2v) is 9.29. The Bertz CT molecular complexity index is 794. The summed E-state index contributed by atoms with van der Waals surface area (Å²) in [4.78, 5) is 19.1. The van der Waals surface area contributed by atoms with Crippen molar-refractivity contribution in [2.45, 2.75) is 64.3 Å². The molecule has 3 heterocycles. The van der Waals surface area contributed by atoms with E-state index in [9.17, 15) is 4.79 Å². The Labute approximate surface area is 176 Å². The van der Waals surface area contributed by atoms with E-state index in [0.717, 1.165) is 35.4 Å². The van der Waals surface area contributed by atoms with E-state index in [0.29, 0.717) is 17.6 Å². The van der Waals surface area contributed by atoms with Crippen molar-refractivity contribution in [3.63, 3.8) is 0 Å². The van der Waals surface area contributed by atoms with Gasteiger partial charge < -0.3 is 10.2 Å². The van der Waals surface area contributed by atoms with Crippen LogP contribution in [-0.2, 0) is 6.54 Å². The molecule has 1 aliphatic carbocycles. The number of anilines is 2. The van der Waals surface area contributed by atoms with Crippen LogP contribution in [0.25, 0.3) is 0 Å². The molecule has 156 valence electrons. The van der Waals surface area contributed by atoms with Gasteiger partial charge in [0.25, 0.3) is 0 Å². The van der Waals surface area contributed by atoms with Gasteiger partial charge >= 0.3 is 6.03 Å². The second kappa shape index (κ2) is 9.52. The number of aromatic nitrogens is 3. The number of rotatable bonds is 5. The smallest absolute Gasteiger partial charge is 0.321 e. The molecular formula is C21H30N6OS. The minimum Gasteiger partial charge on any atom is -0.357 e. The molecule has 2 aromatic rings. The van der Waals surface area contributed by atoms with Crippen molar-refractivity contribution in [1.29, 1.82) is 0 Å². The summed E-state index contributed by atoms with van der Waals surface area (Å²) in [6, 6.07) is 3.82. The van der Waals surface area contributed by atoms with Gasteiger partial charge in [0.15, 0.2) is 0 Å². The highest BCUT2D eigenvalue weighted by Gasteiger charge is 2.20. The van der Waals surface area contributed by atoms with Crippen molar-refractivity contribution in [2.24, 2.45) is 5.92 Å². The van der Waals surface area contributed by atoms with Gasteiger partial charge in [-0.1, -0.05) is 43.6 Å². The Morgan fingerprint density at radius 3 is 2.66 bits per heavy atom. The maximum atomic E-state index is 12.2. The third-order valence-corrected chi connectivity index (χ3v) is 6.99. The van der Waals surface area contributed by atoms with Gasteiger partial charge in [0.2, 0.25) is 5.13 Å². The lowest BCUT2D eigenvalue weighted by atomic mass is 9.90. The quantitative estimate of drug-likeness (QED) is 0.750. The number of urea groups is 1. The van der Waals surface area contributed by atoms with Gasteiger partial charge in [-0.25, -0.2) is 9.78 Å². The third kappa shape index (κ3) is 5.44. The van der Waals surface area contributed by atoms with Gasteiger partial charge in [0.05, 0.1) is 0 Å². The van der Waals surface area contributed by atoms with Crippen LogP contribution in [0.2, 0.25) is 0 Å². The van der Waals surface area contributed by atoms with Crippen LogP contribution >= 0.6 is 11.3 Å². The highest BCUT2D eigenvalue weighted by molar-refractivity contribution is 7.15. The molecule has 1 saturated carbocycles. The lowest BCUT2D eigenvalue weighted by Gasteiger charge is -2.31. The van der Waals surface area contributed by atoms with E-state index >= 15 is 0 Å². The summed E-state index contributed by atoms with van der Waals surface area (Å²) >= 11 is 1.50. The molecule has 0 aromatic carbocycles. The zero-order chi connectivity index (χ0) is 20.1. The fourth-order valence-corrected chi connectivity index (χ4v) is 4.98. The van der Waals surface area contributed by atoms with E-state index in [-0.39, 0.29) is 6.03 Å². The van der Waals surface area contributed by atoms with Crippen LogP contribution in [0.5, 0.6) is 0 Å². The fraction of sp³-hybridized carbons (Fsp3) is 0.619. The number of nitrogens with zero attached hydrogens (tertiary/aromatic N) is 4. The van der Waals surface area contributed by atoms with Gasteiger partial charge in [-0.3, -0.25) is 5.32 Å². The van der Waals surface area contributed by atoms with Crippen LogP contribution in [0.1, 0.15) is 68.4 Å². The predicted octanol–water partition coefficient (Wildman–Crippen LogP) is 4.54. The Kier molecular flexibility index (Phi) is 6.59. The number of hydrogen-bond acceptors (Lipinski definition) is 6. The molecule has 0 bridgehead atoms. The highest BCUT2D eigenvalue weighted by atomic mass is 32.1. The minimum atomic E-state index is -0.259. The first-order chi connectivity index (χ1) is 14.2. The van der Waals surface area contributed by atoms with E-state index in [1.807, 2.05) is 18.3 Å². The monoisotopic (exact) mass is 414 g/mol. The first-order valence-electron chi connectivity index (χ1n) is 10.8. The molecule has 2 aliphatic rings. The molecule has 2 amide bonds. The number of carbonyl (C=O) groups excluding carboxylic acids is 1. The molecule has 0 radical (unpaired) electrons. The summed E-state index contributed by atoms with van der Waals surface area (Å²) in [5.41, 5.74) is 0.981. The molecule has 0 unspecified atom stereocenters. The molecule has 0 atom stereocenters.